The molecule has 24 heavy (non-hydrogen) atoms. The third-order valence-electron chi connectivity index (χ3n) is 4.66. The molecule has 2 heteroatoms. The Bertz CT molecular complexity index is 915. The summed E-state index contributed by atoms with van der Waals surface area (Å²) in [7, 11) is 0. The molecule has 4 aromatic carbocycles. The van der Waals surface area contributed by atoms with Crippen LogP contribution in [0.5, 0.6) is 0 Å². The van der Waals surface area contributed by atoms with Gasteiger partial charge in [-0.05, 0) is 32.7 Å². The first-order valence-electron chi connectivity index (χ1n) is 8.14. The molecule has 0 radical (unpaired) electrons. The smallest absolute Gasteiger partial charge is 0.0988 e. The van der Waals surface area contributed by atoms with Gasteiger partial charge in [0.2, 0.25) is 0 Å². The van der Waals surface area contributed by atoms with E-state index in [1.807, 2.05) is 54.6 Å². The molecule has 3 N–H and O–H groups in total. The molecule has 118 valence electrons. The van der Waals surface area contributed by atoms with Crippen LogP contribution in [0.3, 0.4) is 0 Å². The minimum atomic E-state index is -0.762. The molecule has 0 fully saturated rings. The Kier molecular flexibility index (Phi) is 3.77. The summed E-state index contributed by atoms with van der Waals surface area (Å²) in [5.41, 5.74) is 8.31. The highest BCUT2D eigenvalue weighted by molar-refractivity contribution is 5.87. The molecule has 4 aromatic rings. The van der Waals surface area contributed by atoms with Crippen molar-refractivity contribution in [2.75, 3.05) is 0 Å². The molecule has 0 aliphatic heterocycles. The summed E-state index contributed by atoms with van der Waals surface area (Å²) in [6.45, 7) is 0. The summed E-state index contributed by atoms with van der Waals surface area (Å²) in [5.74, 6) is 0. The number of rotatable bonds is 3. The highest BCUT2D eigenvalue weighted by Gasteiger charge is 2.22. The lowest BCUT2D eigenvalue weighted by atomic mass is 9.90. The van der Waals surface area contributed by atoms with Crippen molar-refractivity contribution in [2.24, 2.45) is 5.73 Å². The van der Waals surface area contributed by atoms with E-state index in [0.717, 1.165) is 32.7 Å². The molecule has 2 nitrogen and oxygen atoms in total. The molecule has 0 saturated carbocycles. The second kappa shape index (κ2) is 6.08. The summed E-state index contributed by atoms with van der Waals surface area (Å²) in [5, 5.41) is 15.4. The molecule has 0 bridgehead atoms. The number of aliphatic hydroxyl groups excluding tert-OH is 1. The molecule has 0 heterocycles. The van der Waals surface area contributed by atoms with E-state index >= 15 is 0 Å². The van der Waals surface area contributed by atoms with Crippen molar-refractivity contribution in [3.8, 4) is 0 Å². The molecule has 0 aromatic heterocycles. The van der Waals surface area contributed by atoms with E-state index in [1.54, 1.807) is 0 Å². The van der Waals surface area contributed by atoms with Crippen molar-refractivity contribution in [3.63, 3.8) is 0 Å². The summed E-state index contributed by atoms with van der Waals surface area (Å²) < 4.78 is 0. The van der Waals surface area contributed by atoms with Gasteiger partial charge in [0.15, 0.2) is 0 Å². The third-order valence-corrected chi connectivity index (χ3v) is 4.66. The number of aliphatic hydroxyl groups is 1. The fraction of sp³-hybridized carbons (Fsp3) is 0.0909. The molecular weight excluding hydrogens is 294 g/mol. The molecule has 0 aliphatic rings. The first-order valence-corrected chi connectivity index (χ1v) is 8.14. The van der Waals surface area contributed by atoms with Gasteiger partial charge in [0.25, 0.3) is 0 Å². The SMILES string of the molecule is N[C@@H](c1cccc2ccccc12)[C@H](O)c1cccc2ccccc12. The van der Waals surface area contributed by atoms with Crippen molar-refractivity contribution in [3.05, 3.63) is 96.1 Å². The second-order valence-electron chi connectivity index (χ2n) is 6.11. The molecule has 0 saturated heterocycles. The van der Waals surface area contributed by atoms with Crippen LogP contribution < -0.4 is 5.73 Å². The summed E-state index contributed by atoms with van der Waals surface area (Å²) >= 11 is 0. The van der Waals surface area contributed by atoms with Gasteiger partial charge >= 0.3 is 0 Å². The number of hydrogen-bond acceptors (Lipinski definition) is 2. The van der Waals surface area contributed by atoms with Gasteiger partial charge in [-0.25, -0.2) is 0 Å². The average Bonchev–Trinajstić information content (AvgIpc) is 2.66. The first-order chi connectivity index (χ1) is 11.8. The van der Waals surface area contributed by atoms with E-state index in [0.29, 0.717) is 0 Å². The third kappa shape index (κ3) is 2.46. The van der Waals surface area contributed by atoms with Crippen LogP contribution in [0.2, 0.25) is 0 Å². The Labute approximate surface area is 141 Å². The van der Waals surface area contributed by atoms with Crippen LogP contribution in [0.4, 0.5) is 0 Å². The molecule has 2 atom stereocenters. The first kappa shape index (κ1) is 14.9. The minimum Gasteiger partial charge on any atom is -0.386 e. The Morgan fingerprint density at radius 1 is 0.583 bits per heavy atom. The van der Waals surface area contributed by atoms with Crippen LogP contribution in [0.1, 0.15) is 23.3 Å². The fourth-order valence-corrected chi connectivity index (χ4v) is 3.41. The van der Waals surface area contributed by atoms with Crippen LogP contribution in [0.25, 0.3) is 21.5 Å². The molecule has 0 amide bonds. The Hall–Kier alpha value is -2.68. The average molecular weight is 313 g/mol. The lowest BCUT2D eigenvalue weighted by molar-refractivity contribution is 0.149. The lowest BCUT2D eigenvalue weighted by Crippen LogP contribution is -2.20. The molecule has 0 aliphatic carbocycles. The largest absolute Gasteiger partial charge is 0.386 e. The summed E-state index contributed by atoms with van der Waals surface area (Å²) in [4.78, 5) is 0. The molecular formula is C22H19NO. The Morgan fingerprint density at radius 3 is 1.67 bits per heavy atom. The number of benzene rings is 4. The van der Waals surface area contributed by atoms with E-state index in [9.17, 15) is 5.11 Å². The van der Waals surface area contributed by atoms with Gasteiger partial charge in [-0.1, -0.05) is 84.9 Å². The van der Waals surface area contributed by atoms with Crippen molar-refractivity contribution in [1.29, 1.82) is 0 Å². The van der Waals surface area contributed by atoms with Crippen molar-refractivity contribution in [1.82, 2.24) is 0 Å². The van der Waals surface area contributed by atoms with Gasteiger partial charge in [0, 0.05) is 0 Å². The molecule has 4 rings (SSSR count). The topological polar surface area (TPSA) is 46.2 Å². The van der Waals surface area contributed by atoms with Crippen molar-refractivity contribution < 1.29 is 5.11 Å². The van der Waals surface area contributed by atoms with Crippen LogP contribution in [0.15, 0.2) is 84.9 Å². The monoisotopic (exact) mass is 313 g/mol. The van der Waals surface area contributed by atoms with Crippen molar-refractivity contribution in [2.45, 2.75) is 12.1 Å². The molecule has 0 unspecified atom stereocenters. The Morgan fingerprint density at radius 2 is 1.04 bits per heavy atom. The van der Waals surface area contributed by atoms with Gasteiger partial charge in [-0.3, -0.25) is 0 Å². The van der Waals surface area contributed by atoms with Crippen LogP contribution >= 0.6 is 0 Å². The standard InChI is InChI=1S/C22H19NO/c23-21(19-13-5-9-15-7-1-3-11-17(15)19)22(24)20-14-6-10-16-8-2-4-12-18(16)20/h1-14,21-22,24H,23H2/t21-,22+/m0/s1. The number of fused-ring (bicyclic) bond motifs is 2. The normalized spacial score (nSPS) is 13.9. The highest BCUT2D eigenvalue weighted by Crippen LogP contribution is 2.34. The van der Waals surface area contributed by atoms with E-state index in [2.05, 4.69) is 30.3 Å². The van der Waals surface area contributed by atoms with Gasteiger partial charge in [-0.15, -0.1) is 0 Å². The van der Waals surface area contributed by atoms with E-state index in [1.165, 1.54) is 0 Å². The summed E-state index contributed by atoms with van der Waals surface area (Å²) in [6, 6.07) is 27.8. The zero-order chi connectivity index (χ0) is 16.5. The van der Waals surface area contributed by atoms with E-state index < -0.39 is 12.1 Å². The summed E-state index contributed by atoms with van der Waals surface area (Å²) in [6.07, 6.45) is -0.762. The van der Waals surface area contributed by atoms with Gasteiger partial charge < -0.3 is 10.8 Å². The molecule has 0 spiro atoms. The minimum absolute atomic E-state index is 0.484. The predicted molar refractivity (Wildman–Crippen MR) is 99.8 cm³/mol. The maximum absolute atomic E-state index is 11.0. The zero-order valence-electron chi connectivity index (χ0n) is 13.3. The maximum atomic E-state index is 11.0. The Balaban J connectivity index is 1.82. The number of hydrogen-bond donors (Lipinski definition) is 2. The predicted octanol–water partition coefficient (Wildman–Crippen LogP) is 4.73. The van der Waals surface area contributed by atoms with Crippen LogP contribution in [0, 0.1) is 0 Å². The fourth-order valence-electron chi connectivity index (χ4n) is 3.41. The van der Waals surface area contributed by atoms with Crippen molar-refractivity contribution >= 4 is 21.5 Å². The van der Waals surface area contributed by atoms with Gasteiger partial charge in [0.05, 0.1) is 12.1 Å². The lowest BCUT2D eigenvalue weighted by Gasteiger charge is -2.22. The van der Waals surface area contributed by atoms with E-state index in [-0.39, 0.29) is 0 Å². The van der Waals surface area contributed by atoms with E-state index in [4.69, 9.17) is 5.73 Å². The van der Waals surface area contributed by atoms with Gasteiger partial charge in [0.1, 0.15) is 0 Å². The quantitative estimate of drug-likeness (QED) is 0.574. The zero-order valence-corrected chi connectivity index (χ0v) is 13.3. The van der Waals surface area contributed by atoms with Crippen LogP contribution in [-0.2, 0) is 0 Å². The highest BCUT2D eigenvalue weighted by atomic mass is 16.3. The maximum Gasteiger partial charge on any atom is 0.0988 e. The van der Waals surface area contributed by atoms with Crippen LogP contribution in [-0.4, -0.2) is 5.11 Å². The number of nitrogens with two attached hydrogens (primary N) is 1. The second-order valence-corrected chi connectivity index (χ2v) is 6.11. The van der Waals surface area contributed by atoms with Gasteiger partial charge in [-0.2, -0.15) is 0 Å².